The molecule has 0 radical (unpaired) electrons. The molecule has 5 nitrogen and oxygen atoms in total. The highest BCUT2D eigenvalue weighted by Crippen LogP contribution is 2.08. The van der Waals surface area contributed by atoms with E-state index < -0.39 is 0 Å². The molecule has 0 spiro atoms. The molecule has 2 amide bonds. The van der Waals surface area contributed by atoms with E-state index in [1.54, 1.807) is 6.20 Å². The average molecular weight is 310 g/mol. The Labute approximate surface area is 136 Å². The van der Waals surface area contributed by atoms with Crippen LogP contribution in [0.2, 0.25) is 0 Å². The van der Waals surface area contributed by atoms with Crippen molar-refractivity contribution < 1.29 is 4.79 Å². The lowest BCUT2D eigenvalue weighted by molar-refractivity contribution is 0.135. The van der Waals surface area contributed by atoms with E-state index in [9.17, 15) is 4.79 Å². The predicted molar refractivity (Wildman–Crippen MR) is 89.8 cm³/mol. The predicted octanol–water partition coefficient (Wildman–Crippen LogP) is 2.11. The number of hydrogen-bond acceptors (Lipinski definition) is 3. The summed E-state index contributed by atoms with van der Waals surface area (Å²) in [6.45, 7) is 4.77. The standard InChI is InChI=1S/C18H22N4O/c23-18(20-14-17-8-4-5-9-19-17)22-12-10-21(11-13-22)15-16-6-2-1-3-7-16/h1-9H,10-15H2,(H,20,23). The molecule has 0 aliphatic carbocycles. The van der Waals surface area contributed by atoms with E-state index in [4.69, 9.17) is 0 Å². The number of pyridine rings is 1. The zero-order chi connectivity index (χ0) is 15.9. The molecule has 1 aromatic carbocycles. The fourth-order valence-corrected chi connectivity index (χ4v) is 2.73. The zero-order valence-electron chi connectivity index (χ0n) is 13.2. The summed E-state index contributed by atoms with van der Waals surface area (Å²) >= 11 is 0. The Morgan fingerprint density at radius 1 is 1.00 bits per heavy atom. The van der Waals surface area contributed by atoms with Gasteiger partial charge in [0, 0.05) is 38.9 Å². The summed E-state index contributed by atoms with van der Waals surface area (Å²) in [5.41, 5.74) is 2.20. The van der Waals surface area contributed by atoms with Crippen molar-refractivity contribution in [3.8, 4) is 0 Å². The van der Waals surface area contributed by atoms with Crippen molar-refractivity contribution in [2.24, 2.45) is 0 Å². The zero-order valence-corrected chi connectivity index (χ0v) is 13.2. The van der Waals surface area contributed by atoms with Crippen LogP contribution in [-0.2, 0) is 13.1 Å². The molecule has 0 atom stereocenters. The molecule has 1 N–H and O–H groups in total. The highest BCUT2D eigenvalue weighted by Gasteiger charge is 2.20. The van der Waals surface area contributed by atoms with Gasteiger partial charge >= 0.3 is 6.03 Å². The van der Waals surface area contributed by atoms with Gasteiger partial charge in [-0.3, -0.25) is 9.88 Å². The lowest BCUT2D eigenvalue weighted by Crippen LogP contribution is -2.51. The Kier molecular flexibility index (Phi) is 5.21. The Bertz CT molecular complexity index is 609. The molecule has 3 rings (SSSR count). The third-order valence-electron chi connectivity index (χ3n) is 4.06. The first kappa shape index (κ1) is 15.5. The minimum Gasteiger partial charge on any atom is -0.332 e. The van der Waals surface area contributed by atoms with Gasteiger partial charge in [0.15, 0.2) is 0 Å². The maximum atomic E-state index is 12.2. The van der Waals surface area contributed by atoms with Crippen LogP contribution in [0.5, 0.6) is 0 Å². The molecule has 120 valence electrons. The second kappa shape index (κ2) is 7.74. The molecular formula is C18H22N4O. The molecular weight excluding hydrogens is 288 g/mol. The van der Waals surface area contributed by atoms with Gasteiger partial charge in [-0.1, -0.05) is 36.4 Å². The molecule has 0 bridgehead atoms. The quantitative estimate of drug-likeness (QED) is 0.941. The van der Waals surface area contributed by atoms with E-state index in [1.807, 2.05) is 29.2 Å². The van der Waals surface area contributed by atoms with Crippen molar-refractivity contribution in [1.82, 2.24) is 20.1 Å². The van der Waals surface area contributed by atoms with Crippen LogP contribution in [0.25, 0.3) is 0 Å². The largest absolute Gasteiger partial charge is 0.332 e. The maximum absolute atomic E-state index is 12.2. The number of urea groups is 1. The smallest absolute Gasteiger partial charge is 0.317 e. The number of hydrogen-bond donors (Lipinski definition) is 1. The van der Waals surface area contributed by atoms with Gasteiger partial charge in [0.25, 0.3) is 0 Å². The van der Waals surface area contributed by atoms with Crippen molar-refractivity contribution in [2.45, 2.75) is 13.1 Å². The maximum Gasteiger partial charge on any atom is 0.317 e. The van der Waals surface area contributed by atoms with Crippen molar-refractivity contribution in [1.29, 1.82) is 0 Å². The lowest BCUT2D eigenvalue weighted by Gasteiger charge is -2.34. The summed E-state index contributed by atoms with van der Waals surface area (Å²) < 4.78 is 0. The summed E-state index contributed by atoms with van der Waals surface area (Å²) in [5, 5.41) is 2.94. The van der Waals surface area contributed by atoms with Gasteiger partial charge in [-0.05, 0) is 17.7 Å². The second-order valence-electron chi connectivity index (χ2n) is 5.73. The van der Waals surface area contributed by atoms with Gasteiger partial charge in [-0.15, -0.1) is 0 Å². The van der Waals surface area contributed by atoms with Crippen molar-refractivity contribution >= 4 is 6.03 Å². The van der Waals surface area contributed by atoms with Gasteiger partial charge in [-0.25, -0.2) is 4.79 Å². The molecule has 5 heteroatoms. The molecule has 0 saturated carbocycles. The van der Waals surface area contributed by atoms with Crippen molar-refractivity contribution in [3.05, 3.63) is 66.0 Å². The first-order valence-corrected chi connectivity index (χ1v) is 8.00. The van der Waals surface area contributed by atoms with Crippen molar-refractivity contribution in [3.63, 3.8) is 0 Å². The summed E-state index contributed by atoms with van der Waals surface area (Å²) in [7, 11) is 0. The Morgan fingerprint density at radius 2 is 1.74 bits per heavy atom. The number of carbonyl (C=O) groups excluding carboxylic acids is 1. The third-order valence-corrected chi connectivity index (χ3v) is 4.06. The van der Waals surface area contributed by atoms with E-state index in [0.717, 1.165) is 38.4 Å². The fraction of sp³-hybridized carbons (Fsp3) is 0.333. The van der Waals surface area contributed by atoms with E-state index in [0.29, 0.717) is 6.54 Å². The van der Waals surface area contributed by atoms with Gasteiger partial charge in [0.2, 0.25) is 0 Å². The first-order chi connectivity index (χ1) is 11.3. The van der Waals surface area contributed by atoms with Crippen LogP contribution < -0.4 is 5.32 Å². The molecule has 1 fully saturated rings. The van der Waals surface area contributed by atoms with Crippen LogP contribution in [-0.4, -0.2) is 47.0 Å². The number of nitrogens with one attached hydrogen (secondary N) is 1. The number of amides is 2. The number of piperazine rings is 1. The van der Waals surface area contributed by atoms with Crippen LogP contribution in [0.4, 0.5) is 4.79 Å². The summed E-state index contributed by atoms with van der Waals surface area (Å²) in [6, 6.07) is 16.2. The van der Waals surface area contributed by atoms with Gasteiger partial charge in [0.05, 0.1) is 12.2 Å². The molecule has 23 heavy (non-hydrogen) atoms. The normalized spacial score (nSPS) is 15.4. The van der Waals surface area contributed by atoms with Crippen LogP contribution in [0.15, 0.2) is 54.7 Å². The molecule has 1 aliphatic heterocycles. The molecule has 1 aliphatic rings. The highest BCUT2D eigenvalue weighted by molar-refractivity contribution is 5.74. The van der Waals surface area contributed by atoms with E-state index in [1.165, 1.54) is 5.56 Å². The molecule has 1 aromatic heterocycles. The Balaban J connectivity index is 1.42. The Morgan fingerprint density at radius 3 is 2.43 bits per heavy atom. The molecule has 2 heterocycles. The van der Waals surface area contributed by atoms with Crippen LogP contribution in [0.1, 0.15) is 11.3 Å². The molecule has 0 unspecified atom stereocenters. The number of aromatic nitrogens is 1. The number of carbonyl (C=O) groups is 1. The SMILES string of the molecule is O=C(NCc1ccccn1)N1CCN(Cc2ccccc2)CC1. The van der Waals surface area contributed by atoms with Crippen molar-refractivity contribution in [2.75, 3.05) is 26.2 Å². The summed E-state index contributed by atoms with van der Waals surface area (Å²) in [4.78, 5) is 20.7. The van der Waals surface area contributed by atoms with Gasteiger partial charge in [0.1, 0.15) is 0 Å². The molecule has 1 saturated heterocycles. The number of nitrogens with zero attached hydrogens (tertiary/aromatic N) is 3. The van der Waals surface area contributed by atoms with Gasteiger partial charge < -0.3 is 10.2 Å². The molecule has 2 aromatic rings. The minimum absolute atomic E-state index is 0.00462. The van der Waals surface area contributed by atoms with E-state index in [2.05, 4.69) is 39.5 Å². The van der Waals surface area contributed by atoms with Crippen LogP contribution in [0, 0.1) is 0 Å². The summed E-state index contributed by atoms with van der Waals surface area (Å²) in [5.74, 6) is 0. The highest BCUT2D eigenvalue weighted by atomic mass is 16.2. The fourth-order valence-electron chi connectivity index (χ4n) is 2.73. The van der Waals surface area contributed by atoms with Crippen LogP contribution in [0.3, 0.4) is 0 Å². The average Bonchev–Trinajstić information content (AvgIpc) is 2.62. The van der Waals surface area contributed by atoms with E-state index >= 15 is 0 Å². The minimum atomic E-state index is -0.00462. The lowest BCUT2D eigenvalue weighted by atomic mass is 10.2. The third kappa shape index (κ3) is 4.53. The van der Waals surface area contributed by atoms with Crippen LogP contribution >= 0.6 is 0 Å². The number of benzene rings is 1. The number of rotatable bonds is 4. The summed E-state index contributed by atoms with van der Waals surface area (Å²) in [6.07, 6.45) is 1.74. The Hall–Kier alpha value is -2.40. The van der Waals surface area contributed by atoms with E-state index in [-0.39, 0.29) is 6.03 Å². The topological polar surface area (TPSA) is 48.5 Å². The monoisotopic (exact) mass is 310 g/mol. The van der Waals surface area contributed by atoms with Gasteiger partial charge in [-0.2, -0.15) is 0 Å². The second-order valence-corrected chi connectivity index (χ2v) is 5.73. The first-order valence-electron chi connectivity index (χ1n) is 8.00.